The second kappa shape index (κ2) is 8.60. The fourth-order valence-electron chi connectivity index (χ4n) is 1.71. The number of rotatable bonds is 7. The van der Waals surface area contributed by atoms with Gasteiger partial charge in [0.2, 0.25) is 5.52 Å². The molecule has 0 aliphatic heterocycles. The molecule has 1 heterocycles. The Morgan fingerprint density at radius 1 is 1.22 bits per heavy atom. The average Bonchev–Trinajstić information content (AvgIpc) is 2.43. The summed E-state index contributed by atoms with van der Waals surface area (Å²) >= 11 is 0. The van der Waals surface area contributed by atoms with Gasteiger partial charge < -0.3 is 24.9 Å². The third-order valence-electron chi connectivity index (χ3n) is 2.81. The number of aromatic nitrogens is 1. The summed E-state index contributed by atoms with van der Waals surface area (Å²) < 4.78 is 22.4. The van der Waals surface area contributed by atoms with Crippen molar-refractivity contribution in [3.05, 3.63) is 23.9 Å². The number of nitrogens with zero attached hydrogens (tertiary/aromatic N) is 1. The molecule has 10 heteroatoms. The maximum absolute atomic E-state index is 11.2. The van der Waals surface area contributed by atoms with Gasteiger partial charge in [-0.3, -0.25) is 9.13 Å². The van der Waals surface area contributed by atoms with E-state index >= 15 is 0 Å². The molecule has 1 rings (SSSR count). The third kappa shape index (κ3) is 7.28. The van der Waals surface area contributed by atoms with Crippen LogP contribution in [0.1, 0.15) is 38.2 Å². The van der Waals surface area contributed by atoms with Gasteiger partial charge in [-0.1, -0.05) is 31.6 Å². The van der Waals surface area contributed by atoms with E-state index in [0.29, 0.717) is 5.56 Å². The number of nitrogens with one attached hydrogen (secondary N) is 1. The van der Waals surface area contributed by atoms with E-state index in [0.717, 1.165) is 25.7 Å². The van der Waals surface area contributed by atoms with Gasteiger partial charge in [-0.25, -0.2) is 4.98 Å². The van der Waals surface area contributed by atoms with Gasteiger partial charge in [0, 0.05) is 18.2 Å². The van der Waals surface area contributed by atoms with E-state index in [4.69, 9.17) is 19.6 Å². The van der Waals surface area contributed by atoms with Crippen molar-refractivity contribution in [1.29, 1.82) is 0 Å². The van der Waals surface area contributed by atoms with Crippen molar-refractivity contribution in [2.24, 2.45) is 0 Å². The summed E-state index contributed by atoms with van der Waals surface area (Å²) in [7, 11) is -10.1. The van der Waals surface area contributed by atoms with Crippen molar-refractivity contribution in [2.75, 3.05) is 5.32 Å². The first-order chi connectivity index (χ1) is 10.6. The van der Waals surface area contributed by atoms with E-state index in [-0.39, 0.29) is 5.82 Å². The maximum Gasteiger partial charge on any atom is 0.360 e. The van der Waals surface area contributed by atoms with Crippen molar-refractivity contribution >= 4 is 21.0 Å². The molecular formula is C13H20N2O6P2. The largest absolute Gasteiger partial charge is 0.360 e. The number of hydrogen-bond acceptors (Lipinski definition) is 4. The lowest BCUT2D eigenvalue weighted by Crippen LogP contribution is -2.20. The van der Waals surface area contributed by atoms with Crippen LogP contribution >= 0.6 is 15.2 Å². The standard InChI is InChI=1S/C13H20N2O6P2/c1-2-3-4-5-6-7-11-8-9-14-12(10-11)15-13(22(16,17)18)23(19,20)21/h8-10,13H,2-5H2,1H3,(H,14,15)(H2,16,17,18)(H2,19,20,21). The highest BCUT2D eigenvalue weighted by atomic mass is 31.2. The number of anilines is 1. The fraction of sp³-hybridized carbons (Fsp3) is 0.462. The predicted molar refractivity (Wildman–Crippen MR) is 86.8 cm³/mol. The lowest BCUT2D eigenvalue weighted by molar-refractivity contribution is 0.343. The Labute approximate surface area is 134 Å². The first-order valence-corrected chi connectivity index (χ1v) is 10.3. The zero-order valence-electron chi connectivity index (χ0n) is 12.6. The summed E-state index contributed by atoms with van der Waals surface area (Å²) in [6, 6.07) is 2.98. The average molecular weight is 362 g/mol. The van der Waals surface area contributed by atoms with Gasteiger partial charge in [-0.15, -0.1) is 0 Å². The molecule has 0 saturated heterocycles. The Morgan fingerprint density at radius 2 is 1.87 bits per heavy atom. The van der Waals surface area contributed by atoms with Gasteiger partial charge in [0.1, 0.15) is 5.82 Å². The molecule has 0 aliphatic carbocycles. The van der Waals surface area contributed by atoms with Crippen LogP contribution in [0.5, 0.6) is 0 Å². The molecule has 23 heavy (non-hydrogen) atoms. The quantitative estimate of drug-likeness (QED) is 0.282. The minimum atomic E-state index is -5.06. The lowest BCUT2D eigenvalue weighted by Gasteiger charge is -2.21. The highest BCUT2D eigenvalue weighted by molar-refractivity contribution is 7.71. The molecule has 0 spiro atoms. The molecule has 1 aromatic rings. The highest BCUT2D eigenvalue weighted by Gasteiger charge is 2.43. The molecular weight excluding hydrogens is 342 g/mol. The SMILES string of the molecule is CCCCCC#Cc1ccnc(NC(P(=O)(O)O)P(=O)(O)O)c1. The summed E-state index contributed by atoms with van der Waals surface area (Å²) in [6.45, 7) is 2.09. The smallest absolute Gasteiger partial charge is 0.346 e. The van der Waals surface area contributed by atoms with Crippen molar-refractivity contribution in [3.8, 4) is 11.8 Å². The molecule has 0 aliphatic rings. The summed E-state index contributed by atoms with van der Waals surface area (Å²) in [5, 5.41) is 2.10. The van der Waals surface area contributed by atoms with Crippen molar-refractivity contribution < 1.29 is 28.7 Å². The van der Waals surface area contributed by atoms with E-state index in [1.165, 1.54) is 12.3 Å². The molecule has 0 fully saturated rings. The molecule has 0 radical (unpaired) electrons. The van der Waals surface area contributed by atoms with Gasteiger partial charge in [-0.05, 0) is 18.6 Å². The number of hydrogen-bond donors (Lipinski definition) is 5. The van der Waals surface area contributed by atoms with Crippen molar-refractivity contribution in [1.82, 2.24) is 4.98 Å². The number of unbranched alkanes of at least 4 members (excludes halogenated alkanes) is 3. The first-order valence-electron chi connectivity index (χ1n) is 6.96. The van der Waals surface area contributed by atoms with Crippen molar-refractivity contribution in [3.63, 3.8) is 0 Å². The van der Waals surface area contributed by atoms with E-state index in [2.05, 4.69) is 29.1 Å². The normalized spacial score (nSPS) is 11.9. The Morgan fingerprint density at radius 3 is 2.43 bits per heavy atom. The molecule has 0 saturated carbocycles. The number of pyridine rings is 1. The van der Waals surface area contributed by atoms with Gasteiger partial charge >= 0.3 is 15.2 Å². The van der Waals surface area contributed by atoms with Gasteiger partial charge in [-0.2, -0.15) is 0 Å². The monoisotopic (exact) mass is 362 g/mol. The van der Waals surface area contributed by atoms with Crippen LogP contribution in [0, 0.1) is 11.8 Å². The minimum Gasteiger partial charge on any atom is -0.346 e. The Balaban J connectivity index is 2.87. The molecule has 8 nitrogen and oxygen atoms in total. The molecule has 0 bridgehead atoms. The highest BCUT2D eigenvalue weighted by Crippen LogP contribution is 2.59. The summed E-state index contributed by atoms with van der Waals surface area (Å²) in [5.74, 6) is 5.77. The van der Waals surface area contributed by atoms with Crippen LogP contribution in [0.3, 0.4) is 0 Å². The molecule has 0 atom stereocenters. The third-order valence-corrected chi connectivity index (χ3v) is 6.15. The van der Waals surface area contributed by atoms with Gasteiger partial charge in [0.15, 0.2) is 0 Å². The predicted octanol–water partition coefficient (Wildman–Crippen LogP) is 2.06. The second-order valence-corrected chi connectivity index (χ2v) is 8.68. The van der Waals surface area contributed by atoms with Crippen LogP contribution in [0.15, 0.2) is 18.3 Å². The van der Waals surface area contributed by atoms with Crippen LogP contribution < -0.4 is 5.32 Å². The van der Waals surface area contributed by atoms with E-state index in [9.17, 15) is 9.13 Å². The van der Waals surface area contributed by atoms with E-state index in [1.807, 2.05) is 0 Å². The fourth-order valence-corrected chi connectivity index (χ4v) is 3.88. The van der Waals surface area contributed by atoms with Crippen LogP contribution in [0.2, 0.25) is 0 Å². The molecule has 5 N–H and O–H groups in total. The van der Waals surface area contributed by atoms with Crippen LogP contribution in [-0.4, -0.2) is 30.1 Å². The summed E-state index contributed by atoms with van der Waals surface area (Å²) in [5.41, 5.74) is -1.80. The zero-order valence-corrected chi connectivity index (χ0v) is 14.4. The van der Waals surface area contributed by atoms with Gasteiger partial charge in [0.05, 0.1) is 0 Å². The van der Waals surface area contributed by atoms with E-state index < -0.39 is 20.7 Å². The summed E-state index contributed by atoms with van der Waals surface area (Å²) in [6.07, 6.45) is 5.24. The topological polar surface area (TPSA) is 140 Å². The molecule has 0 aromatic carbocycles. The lowest BCUT2D eigenvalue weighted by atomic mass is 10.2. The minimum absolute atomic E-state index is 0.0676. The molecule has 1 aromatic heterocycles. The maximum atomic E-state index is 11.2. The van der Waals surface area contributed by atoms with Gasteiger partial charge in [0.25, 0.3) is 0 Å². The van der Waals surface area contributed by atoms with Crippen LogP contribution in [-0.2, 0) is 9.13 Å². The first kappa shape index (κ1) is 19.9. The Bertz CT molecular complexity index is 651. The molecule has 128 valence electrons. The van der Waals surface area contributed by atoms with Crippen molar-refractivity contribution in [2.45, 2.75) is 38.1 Å². The van der Waals surface area contributed by atoms with Crippen LogP contribution in [0.4, 0.5) is 5.82 Å². The van der Waals surface area contributed by atoms with E-state index in [1.54, 1.807) is 6.07 Å². The summed E-state index contributed by atoms with van der Waals surface area (Å²) in [4.78, 5) is 40.1. The Kier molecular flexibility index (Phi) is 7.43. The molecule has 0 unspecified atom stereocenters. The Hall–Kier alpha value is -1.19. The second-order valence-electron chi connectivity index (χ2n) is 4.88. The zero-order chi connectivity index (χ0) is 17.5. The van der Waals surface area contributed by atoms with Crippen LogP contribution in [0.25, 0.3) is 0 Å². The molecule has 0 amide bonds.